The van der Waals surface area contributed by atoms with Gasteiger partial charge in [-0.1, -0.05) is 51.8 Å². The van der Waals surface area contributed by atoms with Crippen molar-refractivity contribution in [1.82, 2.24) is 30.7 Å². The van der Waals surface area contributed by atoms with E-state index in [0.717, 1.165) is 25.7 Å². The molecule has 12 nitrogen and oxygen atoms in total. The number of hydrogen-bond acceptors (Lipinski definition) is 8. The minimum Gasteiger partial charge on any atom is -0.344 e. The predicted molar refractivity (Wildman–Crippen MR) is 175 cm³/mol. The van der Waals surface area contributed by atoms with E-state index in [-0.39, 0.29) is 35.5 Å². The van der Waals surface area contributed by atoms with Gasteiger partial charge in [0, 0.05) is 32.0 Å². The van der Waals surface area contributed by atoms with E-state index in [9.17, 15) is 19.2 Å². The molecule has 1 aromatic carbocycles. The van der Waals surface area contributed by atoms with Crippen LogP contribution in [0, 0.1) is 17.7 Å². The summed E-state index contributed by atoms with van der Waals surface area (Å²) in [5.41, 5.74) is 0.408. The van der Waals surface area contributed by atoms with Crippen molar-refractivity contribution in [3.8, 4) is 0 Å². The van der Waals surface area contributed by atoms with Crippen LogP contribution in [0.3, 0.4) is 0 Å². The fourth-order valence-electron chi connectivity index (χ4n) is 6.81. The minimum atomic E-state index is -0.924. The van der Waals surface area contributed by atoms with E-state index < -0.39 is 41.2 Å². The molecule has 1 aliphatic heterocycles. The van der Waals surface area contributed by atoms with Crippen molar-refractivity contribution >= 4 is 29.3 Å². The Bertz CT molecular complexity index is 1440. The molecule has 4 amide bonds. The van der Waals surface area contributed by atoms with Crippen molar-refractivity contribution in [2.75, 3.05) is 32.0 Å². The molecule has 4 rings (SSSR count). The molecule has 1 aliphatic carbocycles. The lowest BCUT2D eigenvalue weighted by molar-refractivity contribution is -0.144. The van der Waals surface area contributed by atoms with Gasteiger partial charge in [-0.2, -0.15) is 0 Å². The number of anilines is 1. The Kier molecular flexibility index (Phi) is 11.8. The SMILES string of the molecule is CCC(=O)N[C@@H](C(=O)N1CCN(C)CC1(C)C)[C@@H](C)c1ccc(NC(=O)[C@@H](NC(=O)c2nonc2CC)C2CCC(C)CC2)c(F)c1. The highest BCUT2D eigenvalue weighted by Crippen LogP contribution is 2.32. The van der Waals surface area contributed by atoms with Crippen LogP contribution in [0.2, 0.25) is 0 Å². The first-order valence-corrected chi connectivity index (χ1v) is 16.8. The van der Waals surface area contributed by atoms with Gasteiger partial charge in [0.25, 0.3) is 5.91 Å². The van der Waals surface area contributed by atoms with Crippen LogP contribution in [-0.4, -0.2) is 88.0 Å². The molecule has 258 valence electrons. The van der Waals surface area contributed by atoms with E-state index in [1.165, 1.54) is 12.1 Å². The van der Waals surface area contributed by atoms with Crippen LogP contribution in [0.1, 0.15) is 101 Å². The highest BCUT2D eigenvalue weighted by molar-refractivity contribution is 6.01. The van der Waals surface area contributed by atoms with E-state index in [2.05, 4.69) is 38.1 Å². The molecule has 2 aromatic rings. The number of carbonyl (C=O) groups is 4. The number of rotatable bonds is 11. The number of carbonyl (C=O) groups excluding carboxylic acids is 4. The summed E-state index contributed by atoms with van der Waals surface area (Å²) < 4.78 is 20.5. The summed E-state index contributed by atoms with van der Waals surface area (Å²) in [6.45, 7) is 13.4. The lowest BCUT2D eigenvalue weighted by atomic mass is 9.79. The van der Waals surface area contributed by atoms with Gasteiger partial charge in [-0.05, 0) is 74.8 Å². The highest BCUT2D eigenvalue weighted by Gasteiger charge is 2.41. The number of hydrogen-bond donors (Lipinski definition) is 3. The van der Waals surface area contributed by atoms with Crippen molar-refractivity contribution in [1.29, 1.82) is 0 Å². The van der Waals surface area contributed by atoms with E-state index in [4.69, 9.17) is 4.63 Å². The van der Waals surface area contributed by atoms with Crippen LogP contribution in [0.15, 0.2) is 22.8 Å². The zero-order valence-electron chi connectivity index (χ0n) is 28.7. The van der Waals surface area contributed by atoms with Crippen LogP contribution in [0.4, 0.5) is 10.1 Å². The Morgan fingerprint density at radius 3 is 2.38 bits per heavy atom. The molecule has 0 unspecified atom stereocenters. The number of benzene rings is 1. The number of likely N-dealkylation sites (N-methyl/N-ethyl adjacent to an activating group) is 1. The number of piperazine rings is 1. The summed E-state index contributed by atoms with van der Waals surface area (Å²) in [5.74, 6) is -2.47. The van der Waals surface area contributed by atoms with Gasteiger partial charge in [-0.15, -0.1) is 0 Å². The Labute approximate surface area is 276 Å². The van der Waals surface area contributed by atoms with Crippen LogP contribution in [0.5, 0.6) is 0 Å². The maximum atomic E-state index is 15.7. The number of nitrogens with zero attached hydrogens (tertiary/aromatic N) is 4. The standard InChI is InChI=1S/C34H50FN7O5/c1-8-25-30(40-47-39-25)32(45)38-29(22-12-10-20(3)11-13-22)31(44)36-26-15-14-23(18-24(26)35)21(4)28(37-27(43)9-2)33(46)42-17-16-41(7)19-34(42,5)6/h14-15,18,20-22,28-29H,8-13,16-17,19H2,1-7H3,(H,36,44)(H,37,43)(H,38,45)/t20?,21-,22?,28+,29-/m0/s1. The highest BCUT2D eigenvalue weighted by atomic mass is 19.1. The molecule has 0 spiro atoms. The lowest BCUT2D eigenvalue weighted by Gasteiger charge is -2.47. The molecular weight excluding hydrogens is 605 g/mol. The monoisotopic (exact) mass is 655 g/mol. The molecule has 1 saturated carbocycles. The van der Waals surface area contributed by atoms with Crippen LogP contribution < -0.4 is 16.0 Å². The quantitative estimate of drug-likeness (QED) is 0.330. The van der Waals surface area contributed by atoms with Crippen molar-refractivity contribution in [2.45, 2.75) is 104 Å². The third kappa shape index (κ3) is 8.54. The Balaban J connectivity index is 1.54. The average Bonchev–Trinajstić information content (AvgIpc) is 3.52. The maximum absolute atomic E-state index is 15.7. The zero-order valence-corrected chi connectivity index (χ0v) is 28.7. The second kappa shape index (κ2) is 15.4. The smallest absolute Gasteiger partial charge is 0.276 e. The molecule has 2 heterocycles. The average molecular weight is 656 g/mol. The van der Waals surface area contributed by atoms with Gasteiger partial charge in [0.2, 0.25) is 17.7 Å². The molecule has 47 heavy (non-hydrogen) atoms. The molecule has 3 N–H and O–H groups in total. The third-order valence-electron chi connectivity index (χ3n) is 9.75. The number of aryl methyl sites for hydroxylation is 1. The number of halogens is 1. The third-order valence-corrected chi connectivity index (χ3v) is 9.75. The molecule has 1 saturated heterocycles. The molecule has 2 aliphatic rings. The lowest BCUT2D eigenvalue weighted by Crippen LogP contribution is -2.64. The minimum absolute atomic E-state index is 0.0261. The van der Waals surface area contributed by atoms with Gasteiger partial charge in [0.1, 0.15) is 23.6 Å². The first-order valence-electron chi connectivity index (χ1n) is 16.8. The number of aromatic nitrogens is 2. The normalized spacial score (nSPS) is 21.7. The molecule has 1 aromatic heterocycles. The molecule has 2 fully saturated rings. The van der Waals surface area contributed by atoms with Crippen molar-refractivity contribution < 1.29 is 28.2 Å². The van der Waals surface area contributed by atoms with Gasteiger partial charge < -0.3 is 25.8 Å². The van der Waals surface area contributed by atoms with Gasteiger partial charge >= 0.3 is 0 Å². The molecular formula is C34H50FN7O5. The van der Waals surface area contributed by atoms with E-state index in [1.54, 1.807) is 24.8 Å². The molecule has 3 atom stereocenters. The fraction of sp³-hybridized carbons (Fsp3) is 0.647. The van der Waals surface area contributed by atoms with Crippen LogP contribution in [-0.2, 0) is 20.8 Å². The fourth-order valence-corrected chi connectivity index (χ4v) is 6.81. The predicted octanol–water partition coefficient (Wildman–Crippen LogP) is 3.89. The Hall–Kier alpha value is -3.87. The summed E-state index contributed by atoms with van der Waals surface area (Å²) >= 11 is 0. The topological polar surface area (TPSA) is 150 Å². The number of amides is 4. The van der Waals surface area contributed by atoms with Gasteiger partial charge in [-0.25, -0.2) is 9.02 Å². The second-order valence-electron chi connectivity index (χ2n) is 13.8. The van der Waals surface area contributed by atoms with Crippen molar-refractivity contribution in [2.24, 2.45) is 11.8 Å². The Morgan fingerprint density at radius 2 is 1.77 bits per heavy atom. The molecule has 0 radical (unpaired) electrons. The maximum Gasteiger partial charge on any atom is 0.276 e. The zero-order chi connectivity index (χ0) is 34.5. The molecule has 13 heteroatoms. The van der Waals surface area contributed by atoms with Crippen LogP contribution in [0.25, 0.3) is 0 Å². The van der Waals surface area contributed by atoms with Gasteiger partial charge in [0.15, 0.2) is 5.69 Å². The summed E-state index contributed by atoms with van der Waals surface area (Å²) in [4.78, 5) is 57.3. The summed E-state index contributed by atoms with van der Waals surface area (Å²) in [5, 5.41) is 15.9. The van der Waals surface area contributed by atoms with E-state index in [0.29, 0.717) is 43.2 Å². The van der Waals surface area contributed by atoms with Gasteiger partial charge in [0.05, 0.1) is 11.2 Å². The van der Waals surface area contributed by atoms with E-state index in [1.807, 2.05) is 27.8 Å². The Morgan fingerprint density at radius 1 is 1.06 bits per heavy atom. The van der Waals surface area contributed by atoms with Crippen molar-refractivity contribution in [3.63, 3.8) is 0 Å². The summed E-state index contributed by atoms with van der Waals surface area (Å²) in [6.07, 6.45) is 3.93. The first kappa shape index (κ1) is 36.0. The van der Waals surface area contributed by atoms with Crippen LogP contribution >= 0.6 is 0 Å². The second-order valence-corrected chi connectivity index (χ2v) is 13.8. The van der Waals surface area contributed by atoms with Crippen molar-refractivity contribution in [3.05, 3.63) is 41.0 Å². The summed E-state index contributed by atoms with van der Waals surface area (Å²) in [7, 11) is 2.01. The van der Waals surface area contributed by atoms with Gasteiger partial charge in [-0.3, -0.25) is 19.2 Å². The number of nitrogens with one attached hydrogen (secondary N) is 3. The largest absolute Gasteiger partial charge is 0.344 e. The summed E-state index contributed by atoms with van der Waals surface area (Å²) in [6, 6.07) is 2.57. The molecule has 0 bridgehead atoms. The van der Waals surface area contributed by atoms with E-state index >= 15 is 4.39 Å². The first-order chi connectivity index (χ1) is 22.2.